The van der Waals surface area contributed by atoms with Gasteiger partial charge in [-0.05, 0) is 31.9 Å². The molecule has 0 aromatic carbocycles. The first-order chi connectivity index (χ1) is 10.2. The van der Waals surface area contributed by atoms with Crippen molar-refractivity contribution in [2.24, 2.45) is 0 Å². The Kier molecular flexibility index (Phi) is 4.26. The number of nitrogens with one attached hydrogen (secondary N) is 1. The zero-order chi connectivity index (χ0) is 14.7. The minimum Gasteiger partial charge on any atom is -0.376 e. The molecule has 6 heteroatoms. The number of rotatable bonds is 4. The second kappa shape index (κ2) is 6.32. The quantitative estimate of drug-likeness (QED) is 0.942. The summed E-state index contributed by atoms with van der Waals surface area (Å²) in [6.07, 6.45) is 5.70. The standard InChI is InChI=1S/C15H17N3O2S/c1-10-13(14(19)17-9-12-3-2-8-20-12)21-15(18-10)11-4-6-16-7-5-11/h4-7,12H,2-3,8-9H2,1H3,(H,17,19)/t12-/m1/s1. The van der Waals surface area contributed by atoms with E-state index in [1.807, 2.05) is 19.1 Å². The molecule has 1 aliphatic heterocycles. The Morgan fingerprint density at radius 1 is 1.48 bits per heavy atom. The van der Waals surface area contributed by atoms with Crippen LogP contribution in [0.5, 0.6) is 0 Å². The molecular weight excluding hydrogens is 286 g/mol. The van der Waals surface area contributed by atoms with Crippen molar-refractivity contribution in [1.82, 2.24) is 15.3 Å². The molecule has 1 fully saturated rings. The van der Waals surface area contributed by atoms with Crippen LogP contribution in [0.3, 0.4) is 0 Å². The first kappa shape index (κ1) is 14.2. The van der Waals surface area contributed by atoms with E-state index >= 15 is 0 Å². The fraction of sp³-hybridized carbons (Fsp3) is 0.400. The third-order valence-corrected chi connectivity index (χ3v) is 4.65. The number of carbonyl (C=O) groups excluding carboxylic acids is 1. The van der Waals surface area contributed by atoms with E-state index in [1.165, 1.54) is 11.3 Å². The summed E-state index contributed by atoms with van der Waals surface area (Å²) < 4.78 is 5.51. The number of carbonyl (C=O) groups is 1. The van der Waals surface area contributed by atoms with Crippen LogP contribution in [-0.2, 0) is 4.74 Å². The number of amides is 1. The molecule has 0 radical (unpaired) electrons. The Morgan fingerprint density at radius 2 is 2.29 bits per heavy atom. The summed E-state index contributed by atoms with van der Waals surface area (Å²) in [5.41, 5.74) is 1.74. The van der Waals surface area contributed by atoms with E-state index in [0.29, 0.717) is 11.4 Å². The lowest BCUT2D eigenvalue weighted by molar-refractivity contribution is 0.0860. The Balaban J connectivity index is 1.70. The Labute approximate surface area is 127 Å². The van der Waals surface area contributed by atoms with Gasteiger partial charge in [-0.2, -0.15) is 0 Å². The van der Waals surface area contributed by atoms with Crippen molar-refractivity contribution in [2.75, 3.05) is 13.2 Å². The van der Waals surface area contributed by atoms with Crippen molar-refractivity contribution in [1.29, 1.82) is 0 Å². The number of nitrogens with zero attached hydrogens (tertiary/aromatic N) is 2. The van der Waals surface area contributed by atoms with Gasteiger partial charge in [0.15, 0.2) is 0 Å². The molecule has 1 aliphatic rings. The van der Waals surface area contributed by atoms with Gasteiger partial charge in [-0.1, -0.05) is 0 Å². The second-order valence-electron chi connectivity index (χ2n) is 5.01. The van der Waals surface area contributed by atoms with E-state index in [2.05, 4.69) is 15.3 Å². The van der Waals surface area contributed by atoms with E-state index in [4.69, 9.17) is 4.74 Å². The second-order valence-corrected chi connectivity index (χ2v) is 6.01. The lowest BCUT2D eigenvalue weighted by Crippen LogP contribution is -2.31. The predicted molar refractivity (Wildman–Crippen MR) is 81.4 cm³/mol. The fourth-order valence-corrected chi connectivity index (χ4v) is 3.31. The topological polar surface area (TPSA) is 64.1 Å². The van der Waals surface area contributed by atoms with E-state index in [1.54, 1.807) is 12.4 Å². The van der Waals surface area contributed by atoms with Gasteiger partial charge in [-0.25, -0.2) is 4.98 Å². The van der Waals surface area contributed by atoms with Crippen LogP contribution in [0, 0.1) is 6.92 Å². The summed E-state index contributed by atoms with van der Waals surface area (Å²) in [4.78, 5) is 21.4. The zero-order valence-corrected chi connectivity index (χ0v) is 12.7. The summed E-state index contributed by atoms with van der Waals surface area (Å²) in [5.74, 6) is -0.0687. The van der Waals surface area contributed by atoms with Gasteiger partial charge in [0.2, 0.25) is 0 Å². The zero-order valence-electron chi connectivity index (χ0n) is 11.8. The Morgan fingerprint density at radius 3 is 3.00 bits per heavy atom. The normalized spacial score (nSPS) is 17.9. The van der Waals surface area contributed by atoms with E-state index < -0.39 is 0 Å². The lowest BCUT2D eigenvalue weighted by atomic mass is 10.2. The maximum atomic E-state index is 12.3. The molecule has 1 N–H and O–H groups in total. The molecule has 3 rings (SSSR count). The lowest BCUT2D eigenvalue weighted by Gasteiger charge is -2.09. The number of aromatic nitrogens is 2. The average molecular weight is 303 g/mol. The molecule has 0 bridgehead atoms. The van der Waals surface area contributed by atoms with E-state index in [0.717, 1.165) is 35.7 Å². The molecule has 21 heavy (non-hydrogen) atoms. The van der Waals surface area contributed by atoms with Crippen molar-refractivity contribution in [2.45, 2.75) is 25.9 Å². The number of aryl methyl sites for hydroxylation is 1. The molecule has 1 saturated heterocycles. The molecule has 0 unspecified atom stereocenters. The van der Waals surface area contributed by atoms with Crippen LogP contribution in [0.25, 0.3) is 10.6 Å². The van der Waals surface area contributed by atoms with Crippen LogP contribution in [0.2, 0.25) is 0 Å². The summed E-state index contributed by atoms with van der Waals surface area (Å²) in [5, 5.41) is 3.79. The van der Waals surface area contributed by atoms with Gasteiger partial charge in [0, 0.05) is 31.1 Å². The van der Waals surface area contributed by atoms with Crippen LogP contribution in [0.15, 0.2) is 24.5 Å². The molecule has 0 aliphatic carbocycles. The van der Waals surface area contributed by atoms with Gasteiger partial charge in [0.05, 0.1) is 11.8 Å². The number of pyridine rings is 1. The molecule has 0 saturated carbocycles. The minimum atomic E-state index is -0.0687. The van der Waals surface area contributed by atoms with Gasteiger partial charge in [0.25, 0.3) is 5.91 Å². The molecule has 110 valence electrons. The van der Waals surface area contributed by atoms with Crippen LogP contribution in [-0.4, -0.2) is 35.1 Å². The minimum absolute atomic E-state index is 0.0687. The highest BCUT2D eigenvalue weighted by Crippen LogP contribution is 2.27. The fourth-order valence-electron chi connectivity index (χ4n) is 2.32. The SMILES string of the molecule is Cc1nc(-c2ccncc2)sc1C(=O)NC[C@H]1CCCO1. The van der Waals surface area contributed by atoms with Crippen molar-refractivity contribution in [3.8, 4) is 10.6 Å². The molecule has 1 amide bonds. The van der Waals surface area contributed by atoms with Crippen molar-refractivity contribution >= 4 is 17.2 Å². The third-order valence-electron chi connectivity index (χ3n) is 3.44. The number of hydrogen-bond acceptors (Lipinski definition) is 5. The first-order valence-electron chi connectivity index (χ1n) is 7.01. The smallest absolute Gasteiger partial charge is 0.263 e. The molecule has 2 aromatic rings. The highest BCUT2D eigenvalue weighted by atomic mass is 32.1. The predicted octanol–water partition coefficient (Wildman–Crippen LogP) is 2.42. The molecule has 2 aromatic heterocycles. The van der Waals surface area contributed by atoms with Crippen molar-refractivity contribution in [3.05, 3.63) is 35.1 Å². The average Bonchev–Trinajstić information content (AvgIpc) is 3.15. The summed E-state index contributed by atoms with van der Waals surface area (Å²) >= 11 is 1.41. The van der Waals surface area contributed by atoms with Gasteiger partial charge in [-0.15, -0.1) is 11.3 Å². The summed E-state index contributed by atoms with van der Waals surface area (Å²) in [6, 6.07) is 3.79. The molecular formula is C15H17N3O2S. The summed E-state index contributed by atoms with van der Waals surface area (Å²) in [6.45, 7) is 3.23. The molecule has 3 heterocycles. The third kappa shape index (κ3) is 3.28. The maximum Gasteiger partial charge on any atom is 0.263 e. The maximum absolute atomic E-state index is 12.3. The van der Waals surface area contributed by atoms with Crippen LogP contribution in [0.1, 0.15) is 28.2 Å². The van der Waals surface area contributed by atoms with Crippen molar-refractivity contribution < 1.29 is 9.53 Å². The number of ether oxygens (including phenoxy) is 1. The van der Waals surface area contributed by atoms with E-state index in [9.17, 15) is 4.79 Å². The molecule has 1 atom stereocenters. The van der Waals surface area contributed by atoms with Crippen molar-refractivity contribution in [3.63, 3.8) is 0 Å². The highest BCUT2D eigenvalue weighted by molar-refractivity contribution is 7.17. The Bertz CT molecular complexity index is 621. The highest BCUT2D eigenvalue weighted by Gasteiger charge is 2.19. The first-order valence-corrected chi connectivity index (χ1v) is 7.83. The van der Waals surface area contributed by atoms with Crippen LogP contribution in [0.4, 0.5) is 0 Å². The Hall–Kier alpha value is -1.79. The van der Waals surface area contributed by atoms with Gasteiger partial charge >= 0.3 is 0 Å². The van der Waals surface area contributed by atoms with Gasteiger partial charge < -0.3 is 10.1 Å². The summed E-state index contributed by atoms with van der Waals surface area (Å²) in [7, 11) is 0. The monoisotopic (exact) mass is 303 g/mol. The number of thiazole rings is 1. The molecule has 5 nitrogen and oxygen atoms in total. The van der Waals surface area contributed by atoms with E-state index in [-0.39, 0.29) is 12.0 Å². The van der Waals surface area contributed by atoms with Gasteiger partial charge in [-0.3, -0.25) is 9.78 Å². The van der Waals surface area contributed by atoms with Gasteiger partial charge in [0.1, 0.15) is 9.88 Å². The molecule has 0 spiro atoms. The largest absolute Gasteiger partial charge is 0.376 e. The van der Waals surface area contributed by atoms with Crippen LogP contribution >= 0.6 is 11.3 Å². The van der Waals surface area contributed by atoms with Crippen LogP contribution < -0.4 is 5.32 Å². The number of hydrogen-bond donors (Lipinski definition) is 1.